The molecule has 1 heterocycles. The first-order chi connectivity index (χ1) is 27.7. The van der Waals surface area contributed by atoms with E-state index in [1.54, 1.807) is 0 Å². The summed E-state index contributed by atoms with van der Waals surface area (Å²) in [7, 11) is 0. The van der Waals surface area contributed by atoms with Gasteiger partial charge in [-0.25, -0.2) is 9.97 Å². The van der Waals surface area contributed by atoms with E-state index in [2.05, 4.69) is 194 Å². The molecule has 0 fully saturated rings. The van der Waals surface area contributed by atoms with Crippen molar-refractivity contribution >= 4 is 21.5 Å². The monoisotopic (exact) mass is 710 g/mol. The van der Waals surface area contributed by atoms with Crippen molar-refractivity contribution in [2.24, 2.45) is 0 Å². The van der Waals surface area contributed by atoms with Crippen molar-refractivity contribution in [3.8, 4) is 89.5 Å². The summed E-state index contributed by atoms with van der Waals surface area (Å²) in [6.45, 7) is 0. The topological polar surface area (TPSA) is 25.8 Å². The minimum absolute atomic E-state index is 0.705. The van der Waals surface area contributed by atoms with E-state index in [-0.39, 0.29) is 0 Å². The minimum atomic E-state index is 0.705. The number of aromatic nitrogens is 2. The van der Waals surface area contributed by atoms with Crippen LogP contribution in [0.4, 0.5) is 0 Å². The molecule has 0 bridgehead atoms. The maximum absolute atomic E-state index is 5.08. The van der Waals surface area contributed by atoms with E-state index in [0.717, 1.165) is 33.6 Å². The summed E-state index contributed by atoms with van der Waals surface area (Å²) in [5.74, 6) is 0.705. The SMILES string of the molecule is c1ccc(-c2cc(-c3ccccc3)nc(-c3ccc(-c4cc5ccccc5cc4-c4cccc(-c5ccc6c(c5)-c5cccc7cccc-6c57)c4)cc3)n2)cc1. The van der Waals surface area contributed by atoms with Crippen molar-refractivity contribution in [1.29, 1.82) is 0 Å². The Morgan fingerprint density at radius 2 is 0.714 bits per heavy atom. The van der Waals surface area contributed by atoms with Crippen molar-refractivity contribution in [1.82, 2.24) is 9.97 Å². The average Bonchev–Trinajstić information content (AvgIpc) is 3.60. The summed E-state index contributed by atoms with van der Waals surface area (Å²) in [6, 6.07) is 74.1. The first kappa shape index (κ1) is 32.0. The van der Waals surface area contributed by atoms with Crippen LogP contribution in [0.2, 0.25) is 0 Å². The third kappa shape index (κ3) is 5.51. The van der Waals surface area contributed by atoms with Crippen LogP contribution in [-0.2, 0) is 0 Å². The Morgan fingerprint density at radius 1 is 0.232 bits per heavy atom. The van der Waals surface area contributed by atoms with E-state index in [0.29, 0.717) is 5.82 Å². The summed E-state index contributed by atoms with van der Waals surface area (Å²) in [5.41, 5.74) is 17.3. The van der Waals surface area contributed by atoms with E-state index in [4.69, 9.17) is 9.97 Å². The van der Waals surface area contributed by atoms with Gasteiger partial charge in [0.25, 0.3) is 0 Å². The third-order valence-corrected chi connectivity index (χ3v) is 11.2. The van der Waals surface area contributed by atoms with Crippen LogP contribution < -0.4 is 0 Å². The lowest BCUT2D eigenvalue weighted by molar-refractivity contribution is 1.18. The van der Waals surface area contributed by atoms with Gasteiger partial charge in [-0.15, -0.1) is 0 Å². The molecule has 2 heteroatoms. The fraction of sp³-hybridized carbons (Fsp3) is 0. The summed E-state index contributed by atoms with van der Waals surface area (Å²) < 4.78 is 0. The fourth-order valence-electron chi connectivity index (χ4n) is 8.44. The number of nitrogens with zero attached hydrogens (tertiary/aromatic N) is 2. The highest BCUT2D eigenvalue weighted by Crippen LogP contribution is 2.48. The quantitative estimate of drug-likeness (QED) is 0.172. The van der Waals surface area contributed by atoms with Crippen LogP contribution in [0.25, 0.3) is 111 Å². The average molecular weight is 711 g/mol. The Kier molecular flexibility index (Phi) is 7.53. The van der Waals surface area contributed by atoms with Crippen LogP contribution >= 0.6 is 0 Å². The smallest absolute Gasteiger partial charge is 0.160 e. The van der Waals surface area contributed by atoms with E-state index >= 15 is 0 Å². The molecule has 0 N–H and O–H groups in total. The molecular formula is C54H34N2. The van der Waals surface area contributed by atoms with Crippen molar-refractivity contribution in [3.05, 3.63) is 206 Å². The van der Waals surface area contributed by atoms with Gasteiger partial charge < -0.3 is 0 Å². The molecule has 0 atom stereocenters. The molecule has 0 aliphatic heterocycles. The number of fused-ring (bicyclic) bond motifs is 4. The molecule has 0 saturated carbocycles. The normalized spacial score (nSPS) is 11.6. The number of rotatable bonds is 6. The maximum atomic E-state index is 5.08. The lowest BCUT2D eigenvalue weighted by Gasteiger charge is -2.15. The van der Waals surface area contributed by atoms with Crippen LogP contribution in [0.1, 0.15) is 0 Å². The second-order valence-electron chi connectivity index (χ2n) is 14.6. The van der Waals surface area contributed by atoms with Crippen molar-refractivity contribution in [2.75, 3.05) is 0 Å². The molecule has 0 spiro atoms. The van der Waals surface area contributed by atoms with Gasteiger partial charge in [0.15, 0.2) is 5.82 Å². The molecule has 0 saturated heterocycles. The van der Waals surface area contributed by atoms with Crippen LogP contribution in [0.15, 0.2) is 206 Å². The van der Waals surface area contributed by atoms with Gasteiger partial charge >= 0.3 is 0 Å². The Balaban J connectivity index is 0.999. The highest BCUT2D eigenvalue weighted by Gasteiger charge is 2.22. The Morgan fingerprint density at radius 3 is 1.38 bits per heavy atom. The highest BCUT2D eigenvalue weighted by molar-refractivity contribution is 6.15. The zero-order chi connectivity index (χ0) is 37.0. The zero-order valence-electron chi connectivity index (χ0n) is 30.5. The van der Waals surface area contributed by atoms with Gasteiger partial charge in [0.2, 0.25) is 0 Å². The minimum Gasteiger partial charge on any atom is -0.228 e. The maximum Gasteiger partial charge on any atom is 0.160 e. The van der Waals surface area contributed by atoms with E-state index in [9.17, 15) is 0 Å². The van der Waals surface area contributed by atoms with Crippen LogP contribution in [0.5, 0.6) is 0 Å². The second-order valence-corrected chi connectivity index (χ2v) is 14.6. The van der Waals surface area contributed by atoms with Crippen LogP contribution in [0, 0.1) is 0 Å². The summed E-state index contributed by atoms with van der Waals surface area (Å²) in [6.07, 6.45) is 0. The standard InChI is InChI=1S/C54H34N2/c1-3-12-36(13-4-1)51-34-52(37-14-5-2-6-15-37)56-54(55-51)39-26-24-35(25-27-39)48-31-41-16-7-8-17-42(41)32-49(48)44-21-9-20-40(30-44)43-28-29-45-46-22-10-18-38-19-11-23-47(53(38)46)50(45)33-43/h1-34H. The molecule has 0 amide bonds. The molecule has 10 aromatic rings. The lowest BCUT2D eigenvalue weighted by Crippen LogP contribution is -1.96. The predicted molar refractivity (Wildman–Crippen MR) is 234 cm³/mol. The van der Waals surface area contributed by atoms with Gasteiger partial charge in [0.1, 0.15) is 0 Å². The van der Waals surface area contributed by atoms with Gasteiger partial charge in [-0.2, -0.15) is 0 Å². The fourth-order valence-corrected chi connectivity index (χ4v) is 8.44. The molecule has 0 radical (unpaired) electrons. The Bertz CT molecular complexity index is 3050. The molecule has 1 aliphatic rings. The zero-order valence-corrected chi connectivity index (χ0v) is 30.5. The Labute approximate surface area is 326 Å². The first-order valence-electron chi connectivity index (χ1n) is 19.1. The molecule has 260 valence electrons. The van der Waals surface area contributed by atoms with Crippen LogP contribution in [0.3, 0.4) is 0 Å². The van der Waals surface area contributed by atoms with Gasteiger partial charge in [0.05, 0.1) is 11.4 Å². The summed E-state index contributed by atoms with van der Waals surface area (Å²) in [5, 5.41) is 5.08. The largest absolute Gasteiger partial charge is 0.228 e. The summed E-state index contributed by atoms with van der Waals surface area (Å²) >= 11 is 0. The van der Waals surface area contributed by atoms with E-state index in [1.807, 2.05) is 12.1 Å². The number of benzene rings is 9. The number of hydrogen-bond donors (Lipinski definition) is 0. The third-order valence-electron chi connectivity index (χ3n) is 11.2. The van der Waals surface area contributed by atoms with E-state index < -0.39 is 0 Å². The van der Waals surface area contributed by atoms with Gasteiger partial charge in [-0.1, -0.05) is 176 Å². The second kappa shape index (κ2) is 13.2. The highest BCUT2D eigenvalue weighted by atomic mass is 14.9. The van der Waals surface area contributed by atoms with Gasteiger partial charge in [0, 0.05) is 16.7 Å². The molecule has 1 aromatic heterocycles. The Hall–Kier alpha value is -7.42. The van der Waals surface area contributed by atoms with Gasteiger partial charge in [-0.05, 0) is 108 Å². The van der Waals surface area contributed by atoms with Crippen molar-refractivity contribution < 1.29 is 0 Å². The van der Waals surface area contributed by atoms with Crippen LogP contribution in [-0.4, -0.2) is 9.97 Å². The lowest BCUT2D eigenvalue weighted by atomic mass is 9.89. The number of hydrogen-bond acceptors (Lipinski definition) is 2. The predicted octanol–water partition coefficient (Wildman–Crippen LogP) is 14.4. The molecule has 1 aliphatic carbocycles. The first-order valence-corrected chi connectivity index (χ1v) is 19.1. The molecule has 9 aromatic carbocycles. The van der Waals surface area contributed by atoms with E-state index in [1.165, 1.54) is 71.6 Å². The molecule has 11 rings (SSSR count). The van der Waals surface area contributed by atoms with Crippen molar-refractivity contribution in [2.45, 2.75) is 0 Å². The summed E-state index contributed by atoms with van der Waals surface area (Å²) in [4.78, 5) is 10.2. The molecule has 0 unspecified atom stereocenters. The van der Waals surface area contributed by atoms with Gasteiger partial charge in [-0.3, -0.25) is 0 Å². The molecule has 56 heavy (non-hydrogen) atoms. The van der Waals surface area contributed by atoms with Crippen molar-refractivity contribution in [3.63, 3.8) is 0 Å². The molecule has 2 nitrogen and oxygen atoms in total. The molecular weight excluding hydrogens is 677 g/mol.